The van der Waals surface area contributed by atoms with Crippen molar-refractivity contribution < 1.29 is 0 Å². The molecular formula is C12H26N2. The normalized spacial score (nSPS) is 29.8. The minimum atomic E-state index is 0.702. The van der Waals surface area contributed by atoms with E-state index >= 15 is 0 Å². The van der Waals surface area contributed by atoms with Crippen molar-refractivity contribution in [2.45, 2.75) is 52.6 Å². The molecule has 2 nitrogen and oxygen atoms in total. The summed E-state index contributed by atoms with van der Waals surface area (Å²) in [6.07, 6.45) is 2.59. The second-order valence-electron chi connectivity index (χ2n) is 4.92. The van der Waals surface area contributed by atoms with E-state index in [-0.39, 0.29) is 0 Å². The average Bonchev–Trinajstić information content (AvgIpc) is 2.16. The van der Waals surface area contributed by atoms with Gasteiger partial charge in [-0.05, 0) is 45.7 Å². The van der Waals surface area contributed by atoms with Gasteiger partial charge in [-0.2, -0.15) is 0 Å². The fourth-order valence-corrected chi connectivity index (χ4v) is 2.16. The first-order valence-corrected chi connectivity index (χ1v) is 6.12. The maximum absolute atomic E-state index is 3.66. The molecule has 0 aromatic rings. The topological polar surface area (TPSA) is 15.3 Å². The van der Waals surface area contributed by atoms with Crippen molar-refractivity contribution in [3.63, 3.8) is 0 Å². The maximum atomic E-state index is 3.66. The second kappa shape index (κ2) is 5.72. The first-order chi connectivity index (χ1) is 6.65. The molecule has 0 aromatic carbocycles. The summed E-state index contributed by atoms with van der Waals surface area (Å²) >= 11 is 0. The molecule has 1 aliphatic rings. The standard InChI is InChI=1S/C12H26N2/c1-5-7-13-12-9-14(10(2)3)8-6-11(12)4/h10-13H,5-9H2,1-4H3. The number of piperidine rings is 1. The van der Waals surface area contributed by atoms with Crippen LogP contribution in [0.5, 0.6) is 0 Å². The van der Waals surface area contributed by atoms with Crippen LogP contribution >= 0.6 is 0 Å². The van der Waals surface area contributed by atoms with Crippen molar-refractivity contribution in [3.8, 4) is 0 Å². The highest BCUT2D eigenvalue weighted by molar-refractivity contribution is 4.84. The molecule has 14 heavy (non-hydrogen) atoms. The van der Waals surface area contributed by atoms with Gasteiger partial charge >= 0.3 is 0 Å². The summed E-state index contributed by atoms with van der Waals surface area (Å²) in [7, 11) is 0. The van der Waals surface area contributed by atoms with Gasteiger partial charge in [0.1, 0.15) is 0 Å². The zero-order valence-corrected chi connectivity index (χ0v) is 10.2. The molecule has 84 valence electrons. The van der Waals surface area contributed by atoms with Gasteiger partial charge in [0.25, 0.3) is 0 Å². The second-order valence-corrected chi connectivity index (χ2v) is 4.92. The quantitative estimate of drug-likeness (QED) is 0.744. The van der Waals surface area contributed by atoms with E-state index in [1.807, 2.05) is 0 Å². The Morgan fingerprint density at radius 2 is 2.14 bits per heavy atom. The highest BCUT2D eigenvalue weighted by atomic mass is 15.2. The molecule has 1 N–H and O–H groups in total. The Kier molecular flexibility index (Phi) is 4.90. The Morgan fingerprint density at radius 1 is 1.43 bits per heavy atom. The third-order valence-corrected chi connectivity index (χ3v) is 3.38. The van der Waals surface area contributed by atoms with Gasteiger partial charge < -0.3 is 5.32 Å². The number of hydrogen-bond acceptors (Lipinski definition) is 2. The Bertz CT molecular complexity index is 156. The van der Waals surface area contributed by atoms with Crippen LogP contribution in [-0.4, -0.2) is 36.6 Å². The van der Waals surface area contributed by atoms with Crippen LogP contribution in [0.1, 0.15) is 40.5 Å². The molecule has 2 heteroatoms. The molecule has 1 saturated heterocycles. The van der Waals surface area contributed by atoms with Gasteiger partial charge in [-0.25, -0.2) is 0 Å². The number of rotatable bonds is 4. The Balaban J connectivity index is 2.38. The van der Waals surface area contributed by atoms with Crippen molar-refractivity contribution in [3.05, 3.63) is 0 Å². The fraction of sp³-hybridized carbons (Fsp3) is 1.00. The summed E-state index contributed by atoms with van der Waals surface area (Å²) in [5, 5.41) is 3.66. The SMILES string of the molecule is CCCNC1CN(C(C)C)CCC1C. The van der Waals surface area contributed by atoms with Gasteiger partial charge in [0, 0.05) is 18.6 Å². The van der Waals surface area contributed by atoms with E-state index in [4.69, 9.17) is 0 Å². The number of nitrogens with zero attached hydrogens (tertiary/aromatic N) is 1. The summed E-state index contributed by atoms with van der Waals surface area (Å²) in [6.45, 7) is 12.9. The lowest BCUT2D eigenvalue weighted by Crippen LogP contribution is -2.52. The lowest BCUT2D eigenvalue weighted by molar-refractivity contribution is 0.120. The van der Waals surface area contributed by atoms with Crippen molar-refractivity contribution in [1.82, 2.24) is 10.2 Å². The molecule has 2 unspecified atom stereocenters. The minimum Gasteiger partial charge on any atom is -0.312 e. The van der Waals surface area contributed by atoms with E-state index in [9.17, 15) is 0 Å². The number of hydrogen-bond donors (Lipinski definition) is 1. The highest BCUT2D eigenvalue weighted by Gasteiger charge is 2.26. The van der Waals surface area contributed by atoms with Crippen LogP contribution in [0, 0.1) is 5.92 Å². The van der Waals surface area contributed by atoms with Crippen LogP contribution in [-0.2, 0) is 0 Å². The molecule has 2 atom stereocenters. The van der Waals surface area contributed by atoms with Gasteiger partial charge in [0.05, 0.1) is 0 Å². The molecule has 0 radical (unpaired) electrons. The first kappa shape index (κ1) is 12.0. The molecule has 1 rings (SSSR count). The van der Waals surface area contributed by atoms with E-state index < -0.39 is 0 Å². The molecule has 1 aliphatic heterocycles. The molecule has 0 aromatic heterocycles. The van der Waals surface area contributed by atoms with Gasteiger partial charge in [-0.1, -0.05) is 13.8 Å². The Labute approximate surface area is 89.1 Å². The van der Waals surface area contributed by atoms with Crippen LogP contribution in [0.25, 0.3) is 0 Å². The van der Waals surface area contributed by atoms with Crippen LogP contribution in [0.3, 0.4) is 0 Å². The van der Waals surface area contributed by atoms with Gasteiger partial charge in [-0.15, -0.1) is 0 Å². The molecule has 0 saturated carbocycles. The van der Waals surface area contributed by atoms with Crippen LogP contribution in [0.4, 0.5) is 0 Å². The molecule has 0 aliphatic carbocycles. The molecule has 1 fully saturated rings. The third kappa shape index (κ3) is 3.25. The zero-order valence-electron chi connectivity index (χ0n) is 10.2. The highest BCUT2D eigenvalue weighted by Crippen LogP contribution is 2.18. The van der Waals surface area contributed by atoms with E-state index in [1.165, 1.54) is 32.5 Å². The molecule has 0 amide bonds. The Hall–Kier alpha value is -0.0800. The summed E-state index contributed by atoms with van der Waals surface area (Å²) in [6, 6.07) is 1.42. The fourth-order valence-electron chi connectivity index (χ4n) is 2.16. The molecule has 0 bridgehead atoms. The van der Waals surface area contributed by atoms with Crippen LogP contribution < -0.4 is 5.32 Å². The summed E-state index contributed by atoms with van der Waals surface area (Å²) in [4.78, 5) is 2.59. The van der Waals surface area contributed by atoms with Gasteiger partial charge in [0.2, 0.25) is 0 Å². The molecular weight excluding hydrogens is 172 g/mol. The third-order valence-electron chi connectivity index (χ3n) is 3.38. The van der Waals surface area contributed by atoms with Crippen molar-refractivity contribution in [2.24, 2.45) is 5.92 Å². The largest absolute Gasteiger partial charge is 0.312 e. The van der Waals surface area contributed by atoms with Crippen LogP contribution in [0.15, 0.2) is 0 Å². The molecule has 1 heterocycles. The molecule has 0 spiro atoms. The lowest BCUT2D eigenvalue weighted by atomic mass is 9.92. The van der Waals surface area contributed by atoms with E-state index in [0.29, 0.717) is 12.1 Å². The predicted octanol–water partition coefficient (Wildman–Crippen LogP) is 2.10. The maximum Gasteiger partial charge on any atom is 0.0221 e. The van der Waals surface area contributed by atoms with Crippen molar-refractivity contribution >= 4 is 0 Å². The summed E-state index contributed by atoms with van der Waals surface area (Å²) < 4.78 is 0. The van der Waals surface area contributed by atoms with Crippen molar-refractivity contribution in [2.75, 3.05) is 19.6 Å². The Morgan fingerprint density at radius 3 is 2.71 bits per heavy atom. The number of nitrogens with one attached hydrogen (secondary N) is 1. The summed E-state index contributed by atoms with van der Waals surface area (Å²) in [5.74, 6) is 0.844. The summed E-state index contributed by atoms with van der Waals surface area (Å²) in [5.41, 5.74) is 0. The van der Waals surface area contributed by atoms with E-state index in [2.05, 4.69) is 37.9 Å². The smallest absolute Gasteiger partial charge is 0.0221 e. The lowest BCUT2D eigenvalue weighted by Gasteiger charge is -2.39. The van der Waals surface area contributed by atoms with Gasteiger partial charge in [0.15, 0.2) is 0 Å². The van der Waals surface area contributed by atoms with Gasteiger partial charge in [-0.3, -0.25) is 4.90 Å². The van der Waals surface area contributed by atoms with E-state index in [0.717, 1.165) is 5.92 Å². The van der Waals surface area contributed by atoms with Crippen molar-refractivity contribution in [1.29, 1.82) is 0 Å². The first-order valence-electron chi connectivity index (χ1n) is 6.12. The number of likely N-dealkylation sites (tertiary alicyclic amines) is 1. The van der Waals surface area contributed by atoms with E-state index in [1.54, 1.807) is 0 Å². The zero-order chi connectivity index (χ0) is 10.6. The predicted molar refractivity (Wildman–Crippen MR) is 62.6 cm³/mol. The minimum absolute atomic E-state index is 0.702. The monoisotopic (exact) mass is 198 g/mol. The average molecular weight is 198 g/mol. The van der Waals surface area contributed by atoms with Crippen LogP contribution in [0.2, 0.25) is 0 Å².